The molecule has 45 heavy (non-hydrogen) atoms. The summed E-state index contributed by atoms with van der Waals surface area (Å²) < 4.78 is 7.31. The maximum absolute atomic E-state index is 14.6. The third-order valence-corrected chi connectivity index (χ3v) is 9.17. The summed E-state index contributed by atoms with van der Waals surface area (Å²) in [5.41, 5.74) is 4.31. The molecule has 2 aliphatic heterocycles. The van der Waals surface area contributed by atoms with Gasteiger partial charge in [0, 0.05) is 16.1 Å². The van der Waals surface area contributed by atoms with Crippen molar-refractivity contribution in [3.63, 3.8) is 0 Å². The highest BCUT2D eigenvalue weighted by molar-refractivity contribution is 7.07. The Morgan fingerprint density at radius 1 is 0.889 bits per heavy atom. The van der Waals surface area contributed by atoms with Crippen molar-refractivity contribution >= 4 is 51.8 Å². The number of halogens is 1. The number of nitrogens with zero attached hydrogens (tertiary/aromatic N) is 3. The number of para-hydroxylation sites is 1. The molecule has 0 N–H and O–H groups in total. The van der Waals surface area contributed by atoms with E-state index in [0.29, 0.717) is 44.3 Å². The van der Waals surface area contributed by atoms with E-state index in [9.17, 15) is 14.4 Å². The lowest BCUT2D eigenvalue weighted by Gasteiger charge is -2.26. The van der Waals surface area contributed by atoms with E-state index in [0.717, 1.165) is 22.6 Å². The van der Waals surface area contributed by atoms with Gasteiger partial charge >= 0.3 is 5.97 Å². The monoisotopic (exact) mass is 631 g/mol. The number of carbonyl (C=O) groups excluding carboxylic acids is 2. The summed E-state index contributed by atoms with van der Waals surface area (Å²) in [5, 5.41) is 0.519. The molecule has 0 saturated carbocycles. The molecule has 0 spiro atoms. The second kappa shape index (κ2) is 11.8. The molecule has 4 aromatic carbocycles. The van der Waals surface area contributed by atoms with Gasteiger partial charge in [-0.15, -0.1) is 0 Å². The van der Waals surface area contributed by atoms with Crippen molar-refractivity contribution in [2.45, 2.75) is 19.5 Å². The zero-order valence-electron chi connectivity index (χ0n) is 24.1. The molecule has 1 amide bonds. The van der Waals surface area contributed by atoms with Crippen molar-refractivity contribution in [3.05, 3.63) is 162 Å². The molecule has 5 aromatic rings. The van der Waals surface area contributed by atoms with Gasteiger partial charge in [0.15, 0.2) is 4.80 Å². The van der Waals surface area contributed by atoms with Crippen LogP contribution in [0.3, 0.4) is 0 Å². The standard InChI is InChI=1S/C36H26ClN3O4S/c1-2-44-35(43)29-30(23-13-7-4-8-14-23)38-36-40(31(29)24-17-19-25(37)20-18-24)34(42)32(45-36)28-26-15-9-10-16-27(26)39(33(28)41)21-22-11-5-3-6-12-22/h3-20,31H,2,21H2,1H3/b32-28-/t31-/m1/s1. The predicted molar refractivity (Wildman–Crippen MR) is 176 cm³/mol. The van der Waals surface area contributed by atoms with E-state index in [-0.39, 0.29) is 22.6 Å². The van der Waals surface area contributed by atoms with Crippen LogP contribution in [0.5, 0.6) is 0 Å². The number of fused-ring (bicyclic) bond motifs is 2. The van der Waals surface area contributed by atoms with Gasteiger partial charge < -0.3 is 9.64 Å². The van der Waals surface area contributed by atoms with Crippen LogP contribution in [0.25, 0.3) is 11.3 Å². The van der Waals surface area contributed by atoms with E-state index in [1.165, 1.54) is 4.57 Å². The van der Waals surface area contributed by atoms with Crippen LogP contribution in [-0.2, 0) is 20.9 Å². The summed E-state index contributed by atoms with van der Waals surface area (Å²) in [7, 11) is 0. The Morgan fingerprint density at radius 3 is 2.27 bits per heavy atom. The zero-order chi connectivity index (χ0) is 31.1. The molecule has 7 rings (SSSR count). The highest BCUT2D eigenvalue weighted by Gasteiger charge is 2.38. The minimum Gasteiger partial charge on any atom is -0.463 e. The van der Waals surface area contributed by atoms with Crippen LogP contribution < -0.4 is 19.8 Å². The van der Waals surface area contributed by atoms with Gasteiger partial charge in [-0.2, -0.15) is 0 Å². The maximum Gasteiger partial charge on any atom is 0.338 e. The summed E-state index contributed by atoms with van der Waals surface area (Å²) in [5.74, 6) is -0.837. The van der Waals surface area contributed by atoms with Crippen molar-refractivity contribution in [1.82, 2.24) is 4.57 Å². The van der Waals surface area contributed by atoms with Crippen molar-refractivity contribution < 1.29 is 14.3 Å². The molecule has 9 heteroatoms. The van der Waals surface area contributed by atoms with Crippen LogP contribution in [-0.4, -0.2) is 23.1 Å². The van der Waals surface area contributed by atoms with Gasteiger partial charge in [-0.1, -0.05) is 114 Å². The second-order valence-electron chi connectivity index (χ2n) is 10.6. The molecular formula is C36H26ClN3O4S. The second-order valence-corrected chi connectivity index (χ2v) is 12.0. The average Bonchev–Trinajstić information content (AvgIpc) is 3.53. The summed E-state index contributed by atoms with van der Waals surface area (Å²) in [6.45, 7) is 2.24. The number of hydrogen-bond donors (Lipinski definition) is 0. The number of thiazole rings is 1. The number of carbonyl (C=O) groups is 2. The molecule has 7 nitrogen and oxygen atoms in total. The average molecular weight is 632 g/mol. The van der Waals surface area contributed by atoms with Crippen LogP contribution in [0.15, 0.2) is 125 Å². The van der Waals surface area contributed by atoms with Crippen LogP contribution in [0.4, 0.5) is 5.69 Å². The number of benzene rings is 4. The molecule has 0 aliphatic carbocycles. The Kier molecular flexibility index (Phi) is 7.53. The number of aromatic nitrogens is 1. The molecular weight excluding hydrogens is 606 g/mol. The van der Waals surface area contributed by atoms with E-state index in [2.05, 4.69) is 0 Å². The predicted octanol–water partition coefficient (Wildman–Crippen LogP) is 5.51. The molecule has 2 aliphatic rings. The van der Waals surface area contributed by atoms with Gasteiger partial charge in [-0.3, -0.25) is 14.2 Å². The Bertz CT molecular complexity index is 2170. The molecule has 0 fully saturated rings. The molecule has 0 unspecified atom stereocenters. The summed E-state index contributed by atoms with van der Waals surface area (Å²) in [6, 6.07) is 32.7. The van der Waals surface area contributed by atoms with Crippen molar-refractivity contribution in [3.8, 4) is 0 Å². The number of amides is 1. The molecule has 3 heterocycles. The number of hydrogen-bond acceptors (Lipinski definition) is 6. The molecule has 222 valence electrons. The fourth-order valence-electron chi connectivity index (χ4n) is 5.87. The maximum atomic E-state index is 14.6. The fourth-order valence-corrected chi connectivity index (χ4v) is 7.09. The topological polar surface area (TPSA) is 81.0 Å². The SMILES string of the molecule is CCOC(=O)C1=C(c2ccccc2)N=c2s/c(=C3\C(=O)N(Cc4ccccc4)c4ccccc43)c(=O)n2[C@@H]1c1ccc(Cl)cc1. The number of ether oxygens (including phenoxy) is 1. The van der Waals surface area contributed by atoms with Gasteiger partial charge in [0.1, 0.15) is 4.53 Å². The highest BCUT2D eigenvalue weighted by atomic mass is 35.5. The smallest absolute Gasteiger partial charge is 0.338 e. The van der Waals surface area contributed by atoms with Crippen LogP contribution >= 0.6 is 22.9 Å². The van der Waals surface area contributed by atoms with Crippen molar-refractivity contribution in [2.24, 2.45) is 4.99 Å². The quantitative estimate of drug-likeness (QED) is 0.232. The van der Waals surface area contributed by atoms with E-state index in [1.54, 1.807) is 36.1 Å². The van der Waals surface area contributed by atoms with Gasteiger partial charge in [-0.25, -0.2) is 9.79 Å². The number of anilines is 1. The molecule has 0 bridgehead atoms. The van der Waals surface area contributed by atoms with Crippen LogP contribution in [0, 0.1) is 0 Å². The van der Waals surface area contributed by atoms with Crippen LogP contribution in [0.1, 0.15) is 35.2 Å². The van der Waals surface area contributed by atoms with Gasteiger partial charge in [0.05, 0.1) is 41.7 Å². The zero-order valence-corrected chi connectivity index (χ0v) is 25.7. The normalized spacial score (nSPS) is 16.7. The number of rotatable bonds is 6. The van der Waals surface area contributed by atoms with Crippen LogP contribution in [0.2, 0.25) is 5.02 Å². The Morgan fingerprint density at radius 2 is 1.56 bits per heavy atom. The third-order valence-electron chi connectivity index (χ3n) is 7.87. The summed E-state index contributed by atoms with van der Waals surface area (Å²) in [6.07, 6.45) is 0. The third kappa shape index (κ3) is 5.02. The Hall–Kier alpha value is -5.05. The minimum absolute atomic E-state index is 0.148. The van der Waals surface area contributed by atoms with Crippen molar-refractivity contribution in [1.29, 1.82) is 0 Å². The van der Waals surface area contributed by atoms with E-state index in [1.807, 2.05) is 84.9 Å². The fraction of sp³-hybridized carbons (Fsp3) is 0.111. The summed E-state index contributed by atoms with van der Waals surface area (Å²) >= 11 is 7.40. The van der Waals surface area contributed by atoms with Gasteiger partial charge in [0.25, 0.3) is 11.5 Å². The summed E-state index contributed by atoms with van der Waals surface area (Å²) in [4.78, 5) is 49.4. The molecule has 1 aromatic heterocycles. The van der Waals surface area contributed by atoms with E-state index >= 15 is 0 Å². The highest BCUT2D eigenvalue weighted by Crippen LogP contribution is 2.38. The Labute approximate surface area is 267 Å². The van der Waals surface area contributed by atoms with E-state index < -0.39 is 17.6 Å². The first-order chi connectivity index (χ1) is 22.0. The Balaban J connectivity index is 1.51. The molecule has 1 atom stereocenters. The first-order valence-corrected chi connectivity index (χ1v) is 15.7. The lowest BCUT2D eigenvalue weighted by atomic mass is 9.93. The van der Waals surface area contributed by atoms with E-state index in [4.69, 9.17) is 21.3 Å². The lowest BCUT2D eigenvalue weighted by Crippen LogP contribution is -2.41. The molecule has 0 saturated heterocycles. The minimum atomic E-state index is -0.866. The first-order valence-electron chi connectivity index (χ1n) is 14.5. The number of esters is 1. The van der Waals surface area contributed by atoms with Gasteiger partial charge in [0.2, 0.25) is 0 Å². The molecule has 0 radical (unpaired) electrons. The van der Waals surface area contributed by atoms with Crippen molar-refractivity contribution in [2.75, 3.05) is 11.5 Å². The lowest BCUT2D eigenvalue weighted by molar-refractivity contribution is -0.138. The first kappa shape index (κ1) is 28.7. The van der Waals surface area contributed by atoms with Gasteiger partial charge in [-0.05, 0) is 36.2 Å². The largest absolute Gasteiger partial charge is 0.463 e.